The summed E-state index contributed by atoms with van der Waals surface area (Å²) in [5.74, 6) is 1.94. The molecule has 150 valence electrons. The molecule has 29 heavy (non-hydrogen) atoms. The van der Waals surface area contributed by atoms with E-state index in [0.29, 0.717) is 16.6 Å². The Hall–Kier alpha value is -3.20. The van der Waals surface area contributed by atoms with E-state index in [4.69, 9.17) is 9.47 Å². The molecule has 1 aliphatic rings. The molecule has 0 bridgehead atoms. The van der Waals surface area contributed by atoms with Gasteiger partial charge in [-0.3, -0.25) is 4.79 Å². The Balaban J connectivity index is 1.66. The van der Waals surface area contributed by atoms with Gasteiger partial charge in [0.25, 0.3) is 0 Å². The fourth-order valence-electron chi connectivity index (χ4n) is 3.17. The van der Waals surface area contributed by atoms with Crippen LogP contribution in [0.2, 0.25) is 0 Å². The van der Waals surface area contributed by atoms with Crippen molar-refractivity contribution in [2.45, 2.75) is 23.4 Å². The average molecular weight is 411 g/mol. The van der Waals surface area contributed by atoms with Crippen LogP contribution in [0.3, 0.4) is 0 Å². The van der Waals surface area contributed by atoms with Gasteiger partial charge in [-0.1, -0.05) is 36.0 Å². The predicted octanol–water partition coefficient (Wildman–Crippen LogP) is 3.00. The monoisotopic (exact) mass is 411 g/mol. The van der Waals surface area contributed by atoms with E-state index in [2.05, 4.69) is 20.9 Å². The van der Waals surface area contributed by atoms with Crippen LogP contribution in [0.5, 0.6) is 11.5 Å². The number of rotatable bonds is 5. The van der Waals surface area contributed by atoms with Crippen molar-refractivity contribution in [3.8, 4) is 11.5 Å². The molecule has 3 aromatic rings. The molecule has 0 saturated carbocycles. The molecule has 2 atom stereocenters. The number of benzene rings is 2. The molecule has 9 heteroatoms. The molecular formula is C20H21N5O3S. The number of hydrogen-bond donors (Lipinski definition) is 2. The molecule has 0 spiro atoms. The number of carbonyl (C=O) groups excluding carboxylic acids is 1. The summed E-state index contributed by atoms with van der Waals surface area (Å²) in [7, 11) is 3.20. The van der Waals surface area contributed by atoms with Crippen LogP contribution in [-0.4, -0.2) is 40.3 Å². The zero-order valence-corrected chi connectivity index (χ0v) is 17.1. The van der Waals surface area contributed by atoms with Crippen LogP contribution >= 0.6 is 11.8 Å². The zero-order chi connectivity index (χ0) is 20.4. The molecule has 0 fully saturated rings. The van der Waals surface area contributed by atoms with Crippen molar-refractivity contribution < 1.29 is 14.3 Å². The van der Waals surface area contributed by atoms with Crippen molar-refractivity contribution in [3.63, 3.8) is 0 Å². The third-order valence-corrected chi connectivity index (χ3v) is 5.91. The van der Waals surface area contributed by atoms with Gasteiger partial charge >= 0.3 is 0 Å². The molecule has 0 saturated heterocycles. The zero-order valence-electron chi connectivity index (χ0n) is 16.2. The van der Waals surface area contributed by atoms with E-state index in [9.17, 15) is 4.79 Å². The Bertz CT molecular complexity index is 1020. The number of aryl methyl sites for hydroxylation is 1. The minimum Gasteiger partial charge on any atom is -0.497 e. The van der Waals surface area contributed by atoms with E-state index in [0.717, 1.165) is 17.1 Å². The van der Waals surface area contributed by atoms with E-state index in [-0.39, 0.29) is 11.9 Å². The van der Waals surface area contributed by atoms with Gasteiger partial charge in [-0.25, -0.2) is 4.68 Å². The largest absolute Gasteiger partial charge is 0.497 e. The number of anilines is 1. The quantitative estimate of drug-likeness (QED) is 0.667. The summed E-state index contributed by atoms with van der Waals surface area (Å²) in [6, 6.07) is 14.7. The van der Waals surface area contributed by atoms with Crippen molar-refractivity contribution in [1.29, 1.82) is 0 Å². The highest BCUT2D eigenvalue weighted by Gasteiger charge is 2.37. The standard InChI is InChI=1S/C20H21N5O3S/c1-12-22-23-20-25(12)24-17(13-8-10-14(27-2)11-9-13)18(29-20)19(26)21-15-6-4-5-7-16(15)28-3/h4-11,17-18,24H,1-3H3,(H,21,26)/t17-,18-/m1/s1. The van der Waals surface area contributed by atoms with Crippen LogP contribution in [0.4, 0.5) is 5.69 Å². The number of para-hydroxylation sites is 2. The van der Waals surface area contributed by atoms with Crippen LogP contribution < -0.4 is 20.2 Å². The van der Waals surface area contributed by atoms with Gasteiger partial charge in [0.05, 0.1) is 25.9 Å². The topological polar surface area (TPSA) is 90.3 Å². The number of nitrogens with zero attached hydrogens (tertiary/aromatic N) is 3. The number of hydrogen-bond acceptors (Lipinski definition) is 7. The first-order valence-corrected chi connectivity index (χ1v) is 9.91. The normalized spacial score (nSPS) is 17.8. The second-order valence-corrected chi connectivity index (χ2v) is 7.58. The molecule has 2 N–H and O–H groups in total. The molecule has 0 radical (unpaired) electrons. The van der Waals surface area contributed by atoms with Crippen molar-refractivity contribution in [2.75, 3.05) is 25.0 Å². The molecule has 4 rings (SSSR count). The highest BCUT2D eigenvalue weighted by Crippen LogP contribution is 2.38. The fraction of sp³-hybridized carbons (Fsp3) is 0.250. The lowest BCUT2D eigenvalue weighted by molar-refractivity contribution is -0.116. The van der Waals surface area contributed by atoms with Crippen LogP contribution in [0.15, 0.2) is 53.7 Å². The van der Waals surface area contributed by atoms with Crippen LogP contribution in [-0.2, 0) is 4.79 Å². The number of thioether (sulfide) groups is 1. The molecule has 1 aliphatic heterocycles. The lowest BCUT2D eigenvalue weighted by Gasteiger charge is -2.32. The second-order valence-electron chi connectivity index (χ2n) is 6.47. The Morgan fingerprint density at radius 3 is 2.59 bits per heavy atom. The highest BCUT2D eigenvalue weighted by molar-refractivity contribution is 8.00. The SMILES string of the molecule is COc1ccc([C@H]2Nn3c(C)nnc3S[C@H]2C(=O)Nc2ccccc2OC)cc1. The molecule has 2 aromatic carbocycles. The summed E-state index contributed by atoms with van der Waals surface area (Å²) >= 11 is 1.37. The van der Waals surface area contributed by atoms with Gasteiger partial charge in [0.15, 0.2) is 0 Å². The van der Waals surface area contributed by atoms with Crippen molar-refractivity contribution in [1.82, 2.24) is 14.9 Å². The fourth-order valence-corrected chi connectivity index (χ4v) is 4.30. The molecule has 1 amide bonds. The first-order chi connectivity index (χ1) is 14.1. The molecule has 2 heterocycles. The second kappa shape index (κ2) is 8.04. The Morgan fingerprint density at radius 1 is 1.10 bits per heavy atom. The maximum Gasteiger partial charge on any atom is 0.240 e. The number of ether oxygens (including phenoxy) is 2. The third kappa shape index (κ3) is 3.73. The van der Waals surface area contributed by atoms with E-state index in [1.807, 2.05) is 60.1 Å². The van der Waals surface area contributed by atoms with Gasteiger partial charge < -0.3 is 20.2 Å². The van der Waals surface area contributed by atoms with Gasteiger partial charge in [0.1, 0.15) is 22.6 Å². The van der Waals surface area contributed by atoms with Gasteiger partial charge in [-0.2, -0.15) is 0 Å². The van der Waals surface area contributed by atoms with E-state index in [1.54, 1.807) is 14.2 Å². The first kappa shape index (κ1) is 19.1. The minimum absolute atomic E-state index is 0.153. The summed E-state index contributed by atoms with van der Waals surface area (Å²) in [5.41, 5.74) is 4.96. The summed E-state index contributed by atoms with van der Waals surface area (Å²) in [5, 5.41) is 11.5. The Labute approximate surface area is 172 Å². The molecule has 1 aromatic heterocycles. The maximum absolute atomic E-state index is 13.2. The third-order valence-electron chi connectivity index (χ3n) is 4.70. The van der Waals surface area contributed by atoms with Gasteiger partial charge in [-0.15, -0.1) is 10.2 Å². The summed E-state index contributed by atoms with van der Waals surface area (Å²) in [4.78, 5) is 13.2. The molecular weight excluding hydrogens is 390 g/mol. The number of fused-ring (bicyclic) bond motifs is 1. The average Bonchev–Trinajstić information content (AvgIpc) is 3.13. The molecule has 0 unspecified atom stereocenters. The van der Waals surface area contributed by atoms with E-state index >= 15 is 0 Å². The lowest BCUT2D eigenvalue weighted by Crippen LogP contribution is -2.41. The van der Waals surface area contributed by atoms with Crippen molar-refractivity contribution in [3.05, 3.63) is 59.9 Å². The predicted molar refractivity (Wildman–Crippen MR) is 111 cm³/mol. The summed E-state index contributed by atoms with van der Waals surface area (Å²) < 4.78 is 12.4. The van der Waals surface area contributed by atoms with E-state index < -0.39 is 5.25 Å². The summed E-state index contributed by atoms with van der Waals surface area (Å²) in [6.45, 7) is 1.87. The van der Waals surface area contributed by atoms with Gasteiger partial charge in [0.2, 0.25) is 11.1 Å². The van der Waals surface area contributed by atoms with Crippen LogP contribution in [0.25, 0.3) is 0 Å². The summed E-state index contributed by atoms with van der Waals surface area (Å²) in [6.07, 6.45) is 0. The number of aromatic nitrogens is 3. The maximum atomic E-state index is 13.2. The molecule has 8 nitrogen and oxygen atoms in total. The number of nitrogens with one attached hydrogen (secondary N) is 2. The lowest BCUT2D eigenvalue weighted by atomic mass is 10.0. The Kier molecular flexibility index (Phi) is 5.30. The first-order valence-electron chi connectivity index (χ1n) is 9.03. The number of amides is 1. The number of carbonyl (C=O) groups is 1. The number of methoxy groups -OCH3 is 2. The minimum atomic E-state index is -0.468. The highest BCUT2D eigenvalue weighted by atomic mass is 32.2. The van der Waals surface area contributed by atoms with Crippen molar-refractivity contribution >= 4 is 23.4 Å². The van der Waals surface area contributed by atoms with Gasteiger partial charge in [0, 0.05) is 0 Å². The Morgan fingerprint density at radius 2 is 1.86 bits per heavy atom. The van der Waals surface area contributed by atoms with Gasteiger partial charge in [-0.05, 0) is 36.8 Å². The van der Waals surface area contributed by atoms with Crippen LogP contribution in [0, 0.1) is 6.92 Å². The van der Waals surface area contributed by atoms with Crippen molar-refractivity contribution in [2.24, 2.45) is 0 Å². The van der Waals surface area contributed by atoms with Crippen LogP contribution in [0.1, 0.15) is 17.4 Å². The molecule has 0 aliphatic carbocycles. The van der Waals surface area contributed by atoms with E-state index in [1.165, 1.54) is 11.8 Å². The smallest absolute Gasteiger partial charge is 0.240 e.